The van der Waals surface area contributed by atoms with Gasteiger partial charge in [0, 0.05) is 16.3 Å². The number of halogens is 1. The molecule has 0 atom stereocenters. The molecule has 0 radical (unpaired) electrons. The van der Waals surface area contributed by atoms with E-state index in [0.29, 0.717) is 6.42 Å². The average molecular weight is 293 g/mol. The number of hydrogen-bond donors (Lipinski definition) is 0. The number of nitrogens with zero attached hydrogens (tertiary/aromatic N) is 2. The zero-order valence-electron chi connectivity index (χ0n) is 10.1. The number of benzene rings is 1. The summed E-state index contributed by atoms with van der Waals surface area (Å²) in [5.41, 5.74) is 1.39. The van der Waals surface area contributed by atoms with Gasteiger partial charge in [0.2, 0.25) is 0 Å². The average Bonchev–Trinajstić information content (AvgIpc) is 2.34. The predicted octanol–water partition coefficient (Wildman–Crippen LogP) is 3.33. The summed E-state index contributed by atoms with van der Waals surface area (Å²) in [6.07, 6.45) is 2.79. The van der Waals surface area contributed by atoms with Crippen molar-refractivity contribution in [1.29, 1.82) is 5.26 Å². The van der Waals surface area contributed by atoms with Crippen LogP contribution in [0.2, 0.25) is 0 Å². The largest absolute Gasteiger partial charge is 0.306 e. The lowest BCUT2D eigenvalue weighted by Crippen LogP contribution is -2.40. The second kappa shape index (κ2) is 5.20. The van der Waals surface area contributed by atoms with Gasteiger partial charge in [-0.3, -0.25) is 0 Å². The Balaban J connectivity index is 2.28. The van der Waals surface area contributed by atoms with E-state index < -0.39 is 0 Å². The minimum Gasteiger partial charge on any atom is -0.306 e. The third-order valence-electron chi connectivity index (χ3n) is 3.82. The molecule has 0 aromatic heterocycles. The Morgan fingerprint density at radius 2 is 1.88 bits per heavy atom. The van der Waals surface area contributed by atoms with Gasteiger partial charge in [-0.2, -0.15) is 5.26 Å². The highest BCUT2D eigenvalue weighted by Gasteiger charge is 2.35. The molecule has 0 spiro atoms. The fraction of sp³-hybridized carbons (Fsp3) is 0.500. The van der Waals surface area contributed by atoms with Crippen molar-refractivity contribution >= 4 is 15.9 Å². The lowest BCUT2D eigenvalue weighted by Gasteiger charge is -2.39. The Labute approximate surface area is 111 Å². The minimum atomic E-state index is 0.0714. The van der Waals surface area contributed by atoms with Crippen molar-refractivity contribution in [3.05, 3.63) is 34.3 Å². The van der Waals surface area contributed by atoms with Gasteiger partial charge in [-0.1, -0.05) is 28.1 Å². The van der Waals surface area contributed by atoms with E-state index in [1.807, 2.05) is 0 Å². The summed E-state index contributed by atoms with van der Waals surface area (Å²) in [5.74, 6) is 0. The Kier molecular flexibility index (Phi) is 3.86. The minimum absolute atomic E-state index is 0.0714. The maximum Gasteiger partial charge on any atom is 0.0631 e. The van der Waals surface area contributed by atoms with E-state index >= 15 is 0 Å². The van der Waals surface area contributed by atoms with Crippen LogP contribution in [-0.2, 0) is 5.41 Å². The van der Waals surface area contributed by atoms with Gasteiger partial charge in [0.05, 0.1) is 6.07 Å². The van der Waals surface area contributed by atoms with E-state index in [2.05, 4.69) is 58.2 Å². The summed E-state index contributed by atoms with van der Waals surface area (Å²) in [6, 6.07) is 10.8. The van der Waals surface area contributed by atoms with Gasteiger partial charge < -0.3 is 4.90 Å². The van der Waals surface area contributed by atoms with Crippen LogP contribution in [0.4, 0.5) is 0 Å². The number of likely N-dealkylation sites (tertiary alicyclic amines) is 1. The molecule has 1 aliphatic rings. The molecular formula is C14H17BrN2. The summed E-state index contributed by atoms with van der Waals surface area (Å²) in [5, 5.41) is 9.09. The van der Waals surface area contributed by atoms with Crippen molar-refractivity contribution < 1.29 is 0 Å². The van der Waals surface area contributed by atoms with E-state index in [1.54, 1.807) is 0 Å². The first-order chi connectivity index (χ1) is 8.16. The van der Waals surface area contributed by atoms with Crippen LogP contribution < -0.4 is 0 Å². The standard InChI is InChI=1S/C14H17BrN2/c1-17-10-7-14(6-9-16,8-11-17)12-2-4-13(15)5-3-12/h2-5H,6-8,10-11H2,1H3. The molecule has 2 nitrogen and oxygen atoms in total. The highest BCUT2D eigenvalue weighted by atomic mass is 79.9. The number of rotatable bonds is 2. The maximum atomic E-state index is 9.09. The molecule has 0 bridgehead atoms. The van der Waals surface area contributed by atoms with Crippen LogP contribution in [-0.4, -0.2) is 25.0 Å². The van der Waals surface area contributed by atoms with E-state index in [4.69, 9.17) is 5.26 Å². The molecular weight excluding hydrogens is 276 g/mol. The Morgan fingerprint density at radius 3 is 2.41 bits per heavy atom. The van der Waals surface area contributed by atoms with Crippen LogP contribution in [0, 0.1) is 11.3 Å². The number of hydrogen-bond acceptors (Lipinski definition) is 2. The van der Waals surface area contributed by atoms with E-state index in [-0.39, 0.29) is 5.41 Å². The molecule has 1 saturated heterocycles. The molecule has 1 aromatic rings. The van der Waals surface area contributed by atoms with Gasteiger partial charge in [0.25, 0.3) is 0 Å². The van der Waals surface area contributed by atoms with Crippen LogP contribution in [0.3, 0.4) is 0 Å². The summed E-state index contributed by atoms with van der Waals surface area (Å²) < 4.78 is 1.10. The molecule has 1 fully saturated rings. The van der Waals surface area contributed by atoms with E-state index in [9.17, 15) is 0 Å². The lowest BCUT2D eigenvalue weighted by atomic mass is 9.71. The quantitative estimate of drug-likeness (QED) is 0.836. The molecule has 1 aliphatic heterocycles. The van der Waals surface area contributed by atoms with E-state index in [0.717, 1.165) is 30.4 Å². The molecule has 17 heavy (non-hydrogen) atoms. The van der Waals surface area contributed by atoms with Gasteiger partial charge in [-0.05, 0) is 50.7 Å². The molecule has 1 heterocycles. The highest BCUT2D eigenvalue weighted by Crippen LogP contribution is 2.38. The van der Waals surface area contributed by atoms with Crippen molar-refractivity contribution in [1.82, 2.24) is 4.90 Å². The van der Waals surface area contributed by atoms with Gasteiger partial charge in [-0.15, -0.1) is 0 Å². The molecule has 2 rings (SSSR count). The normalized spacial score (nSPS) is 19.8. The number of nitriles is 1. The molecule has 90 valence electrons. The molecule has 0 amide bonds. The predicted molar refractivity (Wildman–Crippen MR) is 72.8 cm³/mol. The molecule has 0 N–H and O–H groups in total. The third-order valence-corrected chi connectivity index (χ3v) is 4.35. The third kappa shape index (κ3) is 2.70. The van der Waals surface area contributed by atoms with Crippen molar-refractivity contribution in [2.75, 3.05) is 20.1 Å². The van der Waals surface area contributed by atoms with Crippen molar-refractivity contribution in [2.24, 2.45) is 0 Å². The van der Waals surface area contributed by atoms with Gasteiger partial charge >= 0.3 is 0 Å². The Morgan fingerprint density at radius 1 is 1.29 bits per heavy atom. The van der Waals surface area contributed by atoms with Crippen LogP contribution in [0.25, 0.3) is 0 Å². The van der Waals surface area contributed by atoms with Crippen molar-refractivity contribution in [3.8, 4) is 6.07 Å². The molecule has 0 aliphatic carbocycles. The van der Waals surface area contributed by atoms with E-state index in [1.165, 1.54) is 5.56 Å². The fourth-order valence-electron chi connectivity index (χ4n) is 2.57. The van der Waals surface area contributed by atoms with Crippen LogP contribution >= 0.6 is 15.9 Å². The monoisotopic (exact) mass is 292 g/mol. The van der Waals surface area contributed by atoms with Crippen LogP contribution in [0.1, 0.15) is 24.8 Å². The van der Waals surface area contributed by atoms with Crippen molar-refractivity contribution in [3.63, 3.8) is 0 Å². The maximum absolute atomic E-state index is 9.09. The first kappa shape index (κ1) is 12.6. The highest BCUT2D eigenvalue weighted by molar-refractivity contribution is 9.10. The second-order valence-corrected chi connectivity index (χ2v) is 5.84. The molecule has 0 unspecified atom stereocenters. The summed E-state index contributed by atoms with van der Waals surface area (Å²) in [7, 11) is 2.15. The SMILES string of the molecule is CN1CCC(CC#N)(c2ccc(Br)cc2)CC1. The summed E-state index contributed by atoms with van der Waals surface area (Å²) in [6.45, 7) is 2.16. The summed E-state index contributed by atoms with van der Waals surface area (Å²) >= 11 is 3.46. The second-order valence-electron chi connectivity index (χ2n) is 4.93. The fourth-order valence-corrected chi connectivity index (χ4v) is 2.83. The Bertz CT molecular complexity index is 411. The number of piperidine rings is 1. The topological polar surface area (TPSA) is 27.0 Å². The zero-order valence-corrected chi connectivity index (χ0v) is 11.7. The molecule has 3 heteroatoms. The molecule has 0 saturated carbocycles. The molecule has 1 aromatic carbocycles. The van der Waals surface area contributed by atoms with Crippen LogP contribution in [0.15, 0.2) is 28.7 Å². The van der Waals surface area contributed by atoms with Gasteiger partial charge in [0.15, 0.2) is 0 Å². The smallest absolute Gasteiger partial charge is 0.0631 e. The van der Waals surface area contributed by atoms with Gasteiger partial charge in [0.1, 0.15) is 0 Å². The van der Waals surface area contributed by atoms with Crippen molar-refractivity contribution in [2.45, 2.75) is 24.7 Å². The van der Waals surface area contributed by atoms with Gasteiger partial charge in [-0.25, -0.2) is 0 Å². The lowest BCUT2D eigenvalue weighted by molar-refractivity contribution is 0.189. The summed E-state index contributed by atoms with van der Waals surface area (Å²) in [4.78, 5) is 2.34. The first-order valence-corrected chi connectivity index (χ1v) is 6.77. The van der Waals surface area contributed by atoms with Crippen LogP contribution in [0.5, 0.6) is 0 Å². The Hall–Kier alpha value is -0.850. The first-order valence-electron chi connectivity index (χ1n) is 5.98. The zero-order chi connectivity index (χ0) is 12.3.